The van der Waals surface area contributed by atoms with Gasteiger partial charge in [-0.3, -0.25) is 4.79 Å². The van der Waals surface area contributed by atoms with Gasteiger partial charge in [0.05, 0.1) is 15.8 Å². The first-order valence-electron chi connectivity index (χ1n) is 5.79. The van der Waals surface area contributed by atoms with Crippen molar-refractivity contribution in [2.75, 3.05) is 0 Å². The van der Waals surface area contributed by atoms with Gasteiger partial charge in [-0.25, -0.2) is 8.35 Å². The molecule has 0 amide bonds. The first-order chi connectivity index (χ1) is 9.58. The lowest BCUT2D eigenvalue weighted by Crippen LogP contribution is -2.18. The monoisotopic (exact) mass is 304 g/mol. The predicted octanol–water partition coefficient (Wildman–Crippen LogP) is 2.83. The largest absolute Gasteiger partial charge is 0.389 e. The van der Waals surface area contributed by atoms with E-state index in [9.17, 15) is 9.18 Å². The summed E-state index contributed by atoms with van der Waals surface area (Å²) in [5, 5.41) is 0.621. The van der Waals surface area contributed by atoms with E-state index in [1.807, 2.05) is 12.1 Å². The normalized spacial score (nSPS) is 10.8. The highest BCUT2D eigenvalue weighted by atomic mass is 32.1. The second-order valence-corrected chi connectivity index (χ2v) is 5.64. The maximum absolute atomic E-state index is 13.3. The van der Waals surface area contributed by atoms with Gasteiger partial charge in [-0.15, -0.1) is 0 Å². The topological polar surface area (TPSA) is 48.0 Å². The lowest BCUT2D eigenvalue weighted by Gasteiger charge is -2.07. The van der Waals surface area contributed by atoms with E-state index in [4.69, 9.17) is 18.0 Å². The number of benzene rings is 2. The first kappa shape index (κ1) is 13.0. The molecule has 0 spiro atoms. The number of halogens is 1. The van der Waals surface area contributed by atoms with E-state index in [-0.39, 0.29) is 10.5 Å². The quantitative estimate of drug-likeness (QED) is 0.741. The fourth-order valence-corrected chi connectivity index (χ4v) is 3.21. The Morgan fingerprint density at radius 2 is 2.00 bits per heavy atom. The van der Waals surface area contributed by atoms with Crippen LogP contribution < -0.4 is 11.3 Å². The zero-order valence-electron chi connectivity index (χ0n) is 10.2. The Labute approximate surface area is 123 Å². The van der Waals surface area contributed by atoms with Crippen LogP contribution in [0, 0.1) is 5.82 Å². The minimum atomic E-state index is -0.439. The summed E-state index contributed by atoms with van der Waals surface area (Å²) in [5.74, 6) is -0.439. The molecule has 2 aromatic carbocycles. The molecular formula is C14H9FN2OS2. The minimum Gasteiger partial charge on any atom is -0.389 e. The van der Waals surface area contributed by atoms with Crippen molar-refractivity contribution in [3.05, 3.63) is 64.2 Å². The Balaban J connectivity index is 2.34. The number of thiocarbonyl (C=S) groups is 1. The molecule has 6 heteroatoms. The van der Waals surface area contributed by atoms with E-state index < -0.39 is 5.82 Å². The van der Waals surface area contributed by atoms with Crippen molar-refractivity contribution in [3.8, 4) is 5.69 Å². The van der Waals surface area contributed by atoms with Gasteiger partial charge < -0.3 is 5.73 Å². The number of aromatic nitrogens is 1. The minimum absolute atomic E-state index is 0.0591. The van der Waals surface area contributed by atoms with Crippen LogP contribution in [-0.2, 0) is 0 Å². The van der Waals surface area contributed by atoms with Crippen molar-refractivity contribution in [1.82, 2.24) is 3.96 Å². The van der Waals surface area contributed by atoms with Gasteiger partial charge in [0.15, 0.2) is 0 Å². The molecule has 2 N–H and O–H groups in total. The lowest BCUT2D eigenvalue weighted by atomic mass is 10.1. The number of nitrogens with zero attached hydrogens (tertiary/aromatic N) is 1. The molecule has 0 saturated carbocycles. The van der Waals surface area contributed by atoms with E-state index in [2.05, 4.69) is 0 Å². The average Bonchev–Trinajstić information content (AvgIpc) is 2.76. The van der Waals surface area contributed by atoms with Crippen LogP contribution in [0.1, 0.15) is 5.56 Å². The summed E-state index contributed by atoms with van der Waals surface area (Å²) in [6, 6.07) is 11.3. The summed E-state index contributed by atoms with van der Waals surface area (Å²) in [6.45, 7) is 0. The van der Waals surface area contributed by atoms with E-state index in [1.165, 1.54) is 33.7 Å². The molecule has 0 aliphatic heterocycles. The van der Waals surface area contributed by atoms with Gasteiger partial charge in [0, 0.05) is 5.56 Å². The molecule has 0 atom stereocenters. The molecule has 3 aromatic rings. The van der Waals surface area contributed by atoms with Crippen molar-refractivity contribution in [3.63, 3.8) is 0 Å². The summed E-state index contributed by atoms with van der Waals surface area (Å²) < 4.78 is 15.7. The molecule has 0 unspecified atom stereocenters. The van der Waals surface area contributed by atoms with Gasteiger partial charge in [0.25, 0.3) is 5.56 Å². The van der Waals surface area contributed by atoms with E-state index in [0.29, 0.717) is 16.6 Å². The molecule has 0 radical (unpaired) electrons. The first-order valence-corrected chi connectivity index (χ1v) is 6.97. The third-order valence-electron chi connectivity index (χ3n) is 2.93. The summed E-state index contributed by atoms with van der Waals surface area (Å²) in [7, 11) is 0. The second kappa shape index (κ2) is 4.81. The number of hydrogen-bond acceptors (Lipinski definition) is 3. The smallest absolute Gasteiger partial charge is 0.273 e. The Morgan fingerprint density at radius 3 is 2.70 bits per heavy atom. The lowest BCUT2D eigenvalue weighted by molar-refractivity contribution is 0.627. The number of rotatable bonds is 2. The SMILES string of the molecule is NC(=S)c1cc(F)ccc1-n1sc2ccccc2c1=O. The maximum Gasteiger partial charge on any atom is 0.273 e. The highest BCUT2D eigenvalue weighted by Crippen LogP contribution is 2.22. The van der Waals surface area contributed by atoms with Crippen LogP contribution >= 0.6 is 23.8 Å². The van der Waals surface area contributed by atoms with Crippen LogP contribution in [0.25, 0.3) is 15.8 Å². The third kappa shape index (κ3) is 2.03. The Morgan fingerprint density at radius 1 is 1.25 bits per heavy atom. The molecule has 0 aliphatic carbocycles. The average molecular weight is 304 g/mol. The van der Waals surface area contributed by atoms with Crippen molar-refractivity contribution >= 4 is 38.8 Å². The van der Waals surface area contributed by atoms with E-state index >= 15 is 0 Å². The fourth-order valence-electron chi connectivity index (χ4n) is 2.01. The summed E-state index contributed by atoms with van der Waals surface area (Å²) >= 11 is 6.21. The standard InChI is InChI=1S/C14H9FN2OS2/c15-8-5-6-11(10(7-8)13(16)19)17-14(18)9-3-1-2-4-12(9)20-17/h1-7H,(H2,16,19). The Kier molecular flexibility index (Phi) is 3.11. The van der Waals surface area contributed by atoms with Crippen LogP contribution in [0.15, 0.2) is 47.3 Å². The summed E-state index contributed by atoms with van der Waals surface area (Å²) in [6.07, 6.45) is 0. The highest BCUT2D eigenvalue weighted by molar-refractivity contribution is 7.80. The fraction of sp³-hybridized carbons (Fsp3) is 0. The Bertz CT molecular complexity index is 882. The molecule has 0 bridgehead atoms. The van der Waals surface area contributed by atoms with E-state index in [0.717, 1.165) is 4.70 Å². The number of fused-ring (bicyclic) bond motifs is 1. The van der Waals surface area contributed by atoms with Gasteiger partial charge in [-0.05, 0) is 30.3 Å². The molecule has 1 heterocycles. The van der Waals surface area contributed by atoms with Gasteiger partial charge >= 0.3 is 0 Å². The second-order valence-electron chi connectivity index (χ2n) is 4.21. The molecular weight excluding hydrogens is 295 g/mol. The number of nitrogens with two attached hydrogens (primary N) is 1. The van der Waals surface area contributed by atoms with Crippen LogP contribution in [-0.4, -0.2) is 8.95 Å². The van der Waals surface area contributed by atoms with Gasteiger partial charge in [-0.2, -0.15) is 0 Å². The zero-order chi connectivity index (χ0) is 14.3. The summed E-state index contributed by atoms with van der Waals surface area (Å²) in [5.41, 5.74) is 6.32. The zero-order valence-corrected chi connectivity index (χ0v) is 11.8. The predicted molar refractivity (Wildman–Crippen MR) is 83.3 cm³/mol. The molecule has 3 nitrogen and oxygen atoms in total. The van der Waals surface area contributed by atoms with Crippen LogP contribution in [0.5, 0.6) is 0 Å². The van der Waals surface area contributed by atoms with Crippen molar-refractivity contribution in [2.45, 2.75) is 0 Å². The van der Waals surface area contributed by atoms with Gasteiger partial charge in [-0.1, -0.05) is 35.9 Å². The van der Waals surface area contributed by atoms with Crippen molar-refractivity contribution in [1.29, 1.82) is 0 Å². The molecule has 0 aliphatic rings. The van der Waals surface area contributed by atoms with Crippen LogP contribution in [0.2, 0.25) is 0 Å². The van der Waals surface area contributed by atoms with Crippen molar-refractivity contribution < 1.29 is 4.39 Å². The molecule has 1 aromatic heterocycles. The van der Waals surface area contributed by atoms with Crippen LogP contribution in [0.3, 0.4) is 0 Å². The van der Waals surface area contributed by atoms with E-state index in [1.54, 1.807) is 12.1 Å². The molecule has 0 saturated heterocycles. The van der Waals surface area contributed by atoms with Crippen molar-refractivity contribution in [2.24, 2.45) is 5.73 Å². The molecule has 3 rings (SSSR count). The maximum atomic E-state index is 13.3. The van der Waals surface area contributed by atoms with Gasteiger partial charge in [0.2, 0.25) is 0 Å². The summed E-state index contributed by atoms with van der Waals surface area (Å²) in [4.78, 5) is 12.4. The highest BCUT2D eigenvalue weighted by Gasteiger charge is 2.14. The number of hydrogen-bond donors (Lipinski definition) is 1. The molecule has 100 valence electrons. The third-order valence-corrected chi connectivity index (χ3v) is 4.25. The van der Waals surface area contributed by atoms with Gasteiger partial charge in [0.1, 0.15) is 10.8 Å². The van der Waals surface area contributed by atoms with Crippen LogP contribution in [0.4, 0.5) is 4.39 Å². The molecule has 20 heavy (non-hydrogen) atoms. The molecule has 0 fully saturated rings. The Hall–Kier alpha value is -2.05.